The molecule has 2 aromatic rings. The van der Waals surface area contributed by atoms with Gasteiger partial charge in [-0.1, -0.05) is 11.6 Å². The molecule has 0 fully saturated rings. The van der Waals surface area contributed by atoms with Crippen molar-refractivity contribution in [3.8, 4) is 0 Å². The van der Waals surface area contributed by atoms with Crippen molar-refractivity contribution >= 4 is 28.6 Å². The van der Waals surface area contributed by atoms with E-state index >= 15 is 0 Å². The van der Waals surface area contributed by atoms with E-state index in [0.29, 0.717) is 22.9 Å². The second-order valence-electron chi connectivity index (χ2n) is 3.61. The van der Waals surface area contributed by atoms with Gasteiger partial charge in [0.25, 0.3) is 0 Å². The van der Waals surface area contributed by atoms with E-state index in [1.807, 2.05) is 0 Å². The molecule has 5 nitrogen and oxygen atoms in total. The smallest absolute Gasteiger partial charge is 0.311 e. The fraction of sp³-hybridized carbons (Fsp3) is 0.273. The van der Waals surface area contributed by atoms with Gasteiger partial charge in [0.05, 0.1) is 17.6 Å². The Balaban J connectivity index is 2.56. The third-order valence-corrected chi connectivity index (χ3v) is 2.66. The molecule has 0 bridgehead atoms. The van der Waals surface area contributed by atoms with Gasteiger partial charge in [0.2, 0.25) is 0 Å². The second kappa shape index (κ2) is 4.73. The zero-order chi connectivity index (χ0) is 12.4. The minimum atomic E-state index is -0.953. The number of imidazole rings is 1. The summed E-state index contributed by atoms with van der Waals surface area (Å²) in [6, 6.07) is 5.16. The number of carboxylic acids is 1. The maximum absolute atomic E-state index is 10.7. The van der Waals surface area contributed by atoms with Crippen LogP contribution in [0.2, 0.25) is 5.02 Å². The third-order valence-electron chi connectivity index (χ3n) is 2.42. The molecular weight excluding hydrogens is 244 g/mol. The third kappa shape index (κ3) is 2.40. The van der Waals surface area contributed by atoms with Crippen LogP contribution in [0.15, 0.2) is 18.2 Å². The van der Waals surface area contributed by atoms with Gasteiger partial charge in [0, 0.05) is 11.6 Å². The van der Waals surface area contributed by atoms with Crippen LogP contribution in [-0.4, -0.2) is 32.3 Å². The summed E-state index contributed by atoms with van der Waals surface area (Å²) in [4.78, 5) is 14.9. The van der Waals surface area contributed by atoms with E-state index in [2.05, 4.69) is 4.98 Å². The number of hydrogen-bond acceptors (Lipinski definition) is 3. The summed E-state index contributed by atoms with van der Waals surface area (Å²) in [7, 11) is 0. The standard InChI is InChI=1S/C11H11ClN2O3/c12-7-1-2-9-8(5-7)13-10(6-11(16)17)14(9)3-4-15/h1-2,5,15H,3-4,6H2,(H,16,17). The largest absolute Gasteiger partial charge is 0.481 e. The molecule has 2 N–H and O–H groups in total. The van der Waals surface area contributed by atoms with Crippen molar-refractivity contribution < 1.29 is 15.0 Å². The molecule has 0 unspecified atom stereocenters. The SMILES string of the molecule is O=C(O)Cc1nc2cc(Cl)ccc2n1CCO. The Kier molecular flexibility index (Phi) is 3.31. The number of fused-ring (bicyclic) bond motifs is 1. The molecule has 0 saturated heterocycles. The van der Waals surface area contributed by atoms with Crippen LogP contribution in [0.25, 0.3) is 11.0 Å². The summed E-state index contributed by atoms with van der Waals surface area (Å²) in [6.45, 7) is 0.251. The molecule has 0 aliphatic heterocycles. The summed E-state index contributed by atoms with van der Waals surface area (Å²) in [5, 5.41) is 18.3. The molecule has 1 heterocycles. The summed E-state index contributed by atoms with van der Waals surface area (Å²) in [5.41, 5.74) is 1.42. The number of carbonyl (C=O) groups is 1. The lowest BCUT2D eigenvalue weighted by Crippen LogP contribution is -2.11. The number of aliphatic hydroxyl groups excluding tert-OH is 1. The van der Waals surface area contributed by atoms with E-state index in [1.54, 1.807) is 22.8 Å². The van der Waals surface area contributed by atoms with Gasteiger partial charge in [-0.2, -0.15) is 0 Å². The highest BCUT2D eigenvalue weighted by Crippen LogP contribution is 2.20. The van der Waals surface area contributed by atoms with Crippen LogP contribution in [0, 0.1) is 0 Å². The van der Waals surface area contributed by atoms with Crippen molar-refractivity contribution in [3.63, 3.8) is 0 Å². The average molecular weight is 255 g/mol. The molecule has 0 saturated carbocycles. The number of aliphatic carboxylic acids is 1. The Labute approximate surface area is 102 Å². The molecule has 17 heavy (non-hydrogen) atoms. The maximum atomic E-state index is 10.7. The van der Waals surface area contributed by atoms with E-state index in [4.69, 9.17) is 21.8 Å². The Hall–Kier alpha value is -1.59. The van der Waals surface area contributed by atoms with Gasteiger partial charge in [-0.15, -0.1) is 0 Å². The number of aliphatic hydroxyl groups is 1. The zero-order valence-corrected chi connectivity index (χ0v) is 9.68. The van der Waals surface area contributed by atoms with Crippen molar-refractivity contribution in [1.82, 2.24) is 9.55 Å². The van der Waals surface area contributed by atoms with Crippen molar-refractivity contribution in [2.75, 3.05) is 6.61 Å². The van der Waals surface area contributed by atoms with E-state index in [-0.39, 0.29) is 13.0 Å². The lowest BCUT2D eigenvalue weighted by molar-refractivity contribution is -0.136. The summed E-state index contributed by atoms with van der Waals surface area (Å²) in [5.74, 6) is -0.533. The maximum Gasteiger partial charge on any atom is 0.311 e. The zero-order valence-electron chi connectivity index (χ0n) is 8.93. The second-order valence-corrected chi connectivity index (χ2v) is 4.04. The highest BCUT2D eigenvalue weighted by atomic mass is 35.5. The molecule has 0 atom stereocenters. The fourth-order valence-electron chi connectivity index (χ4n) is 1.77. The van der Waals surface area contributed by atoms with Crippen molar-refractivity contribution in [2.24, 2.45) is 0 Å². The Morgan fingerprint density at radius 1 is 1.47 bits per heavy atom. The van der Waals surface area contributed by atoms with E-state index in [9.17, 15) is 4.79 Å². The first kappa shape index (κ1) is 11.9. The Morgan fingerprint density at radius 3 is 2.88 bits per heavy atom. The number of aromatic nitrogens is 2. The van der Waals surface area contributed by atoms with Gasteiger partial charge >= 0.3 is 5.97 Å². The molecule has 1 aromatic heterocycles. The average Bonchev–Trinajstić information content (AvgIpc) is 2.55. The van der Waals surface area contributed by atoms with Gasteiger partial charge in [-0.3, -0.25) is 4.79 Å². The first-order valence-corrected chi connectivity index (χ1v) is 5.47. The van der Waals surface area contributed by atoms with Gasteiger partial charge in [0.1, 0.15) is 12.2 Å². The number of halogens is 1. The molecule has 0 amide bonds. The molecule has 2 rings (SSSR count). The molecule has 0 radical (unpaired) electrons. The number of hydrogen-bond donors (Lipinski definition) is 2. The first-order chi connectivity index (χ1) is 8.11. The van der Waals surface area contributed by atoms with Crippen molar-refractivity contribution in [1.29, 1.82) is 0 Å². The van der Waals surface area contributed by atoms with Crippen LogP contribution in [0.1, 0.15) is 5.82 Å². The van der Waals surface area contributed by atoms with E-state index in [1.165, 1.54) is 0 Å². The van der Waals surface area contributed by atoms with Crippen LogP contribution in [0.4, 0.5) is 0 Å². The minimum Gasteiger partial charge on any atom is -0.481 e. The topological polar surface area (TPSA) is 75.3 Å². The van der Waals surface area contributed by atoms with Crippen molar-refractivity contribution in [3.05, 3.63) is 29.0 Å². The number of rotatable bonds is 4. The molecular formula is C11H11ClN2O3. The number of carboxylic acid groups (broad SMARTS) is 1. The predicted octanol–water partition coefficient (Wildman–Crippen LogP) is 1.31. The Bertz CT molecular complexity index is 565. The van der Waals surface area contributed by atoms with E-state index in [0.717, 1.165) is 5.52 Å². The quantitative estimate of drug-likeness (QED) is 0.863. The van der Waals surface area contributed by atoms with Crippen molar-refractivity contribution in [2.45, 2.75) is 13.0 Å². The van der Waals surface area contributed by atoms with Gasteiger partial charge in [-0.05, 0) is 18.2 Å². The van der Waals surface area contributed by atoms with Gasteiger partial charge in [0.15, 0.2) is 0 Å². The van der Waals surface area contributed by atoms with Crippen LogP contribution >= 0.6 is 11.6 Å². The molecule has 0 aliphatic carbocycles. The summed E-state index contributed by atoms with van der Waals surface area (Å²) in [6.07, 6.45) is -0.174. The van der Waals surface area contributed by atoms with E-state index < -0.39 is 5.97 Å². The van der Waals surface area contributed by atoms with Gasteiger partial charge < -0.3 is 14.8 Å². The van der Waals surface area contributed by atoms with Crippen LogP contribution in [-0.2, 0) is 17.8 Å². The highest BCUT2D eigenvalue weighted by molar-refractivity contribution is 6.31. The molecule has 1 aromatic carbocycles. The molecule has 90 valence electrons. The summed E-state index contributed by atoms with van der Waals surface area (Å²) >= 11 is 5.85. The lowest BCUT2D eigenvalue weighted by Gasteiger charge is -2.05. The first-order valence-electron chi connectivity index (χ1n) is 5.09. The minimum absolute atomic E-state index is 0.0687. The predicted molar refractivity (Wildman–Crippen MR) is 63.2 cm³/mol. The number of nitrogens with zero attached hydrogens (tertiary/aromatic N) is 2. The molecule has 0 spiro atoms. The van der Waals surface area contributed by atoms with Crippen LogP contribution < -0.4 is 0 Å². The normalized spacial score (nSPS) is 10.9. The van der Waals surface area contributed by atoms with Crippen LogP contribution in [0.5, 0.6) is 0 Å². The fourth-order valence-corrected chi connectivity index (χ4v) is 1.94. The molecule has 0 aliphatic rings. The van der Waals surface area contributed by atoms with Crippen LogP contribution in [0.3, 0.4) is 0 Å². The summed E-state index contributed by atoms with van der Waals surface area (Å²) < 4.78 is 1.69. The monoisotopic (exact) mass is 254 g/mol. The van der Waals surface area contributed by atoms with Gasteiger partial charge in [-0.25, -0.2) is 4.98 Å². The lowest BCUT2D eigenvalue weighted by atomic mass is 10.3. The highest BCUT2D eigenvalue weighted by Gasteiger charge is 2.13. The number of benzene rings is 1. The molecule has 6 heteroatoms. The Morgan fingerprint density at radius 2 is 2.24 bits per heavy atom.